The molecule has 0 spiro atoms. The Kier molecular flexibility index (Phi) is 11.7. The summed E-state index contributed by atoms with van der Waals surface area (Å²) in [7, 11) is 0. The first-order valence-electron chi connectivity index (χ1n) is 7.51. The van der Waals surface area contributed by atoms with E-state index >= 15 is 0 Å². The van der Waals surface area contributed by atoms with Gasteiger partial charge in [-0.1, -0.05) is 12.2 Å². The molecule has 0 rings (SSSR count). The minimum absolute atomic E-state index is 0.0844. The van der Waals surface area contributed by atoms with Crippen molar-refractivity contribution < 1.29 is 39.6 Å². The van der Waals surface area contributed by atoms with E-state index in [9.17, 15) is 19.2 Å². The number of aliphatic carboxylic acids is 2. The highest BCUT2D eigenvalue weighted by atomic mass is 32.2. The largest absolute Gasteiger partial charge is 0.480 e. The van der Waals surface area contributed by atoms with Crippen LogP contribution in [0, 0.1) is 0 Å². The molecule has 0 aromatic carbocycles. The third-order valence-electron chi connectivity index (χ3n) is 3.02. The number of thiocarbonyl (C=S) groups is 1. The molecule has 0 fully saturated rings. The fourth-order valence-electron chi connectivity index (χ4n) is 1.49. The van der Waals surface area contributed by atoms with Crippen LogP contribution in [-0.4, -0.2) is 85.1 Å². The van der Waals surface area contributed by atoms with Gasteiger partial charge < -0.3 is 42.5 Å². The van der Waals surface area contributed by atoms with Crippen LogP contribution in [0.2, 0.25) is 0 Å². The Morgan fingerprint density at radius 1 is 1.11 bits per heavy atom. The SMILES string of the molecule is NC(CCC(=O)NC(C(=O)NCC(=O)O)C(=S)SCC(N)C(O)O)C(=O)O. The molecule has 0 saturated carbocycles. The summed E-state index contributed by atoms with van der Waals surface area (Å²) in [5, 5.41) is 39.5. The van der Waals surface area contributed by atoms with E-state index in [2.05, 4.69) is 10.6 Å². The fourth-order valence-corrected chi connectivity index (χ4v) is 2.72. The van der Waals surface area contributed by atoms with Gasteiger partial charge >= 0.3 is 11.9 Å². The van der Waals surface area contributed by atoms with Crippen LogP contribution >= 0.6 is 24.0 Å². The lowest BCUT2D eigenvalue weighted by atomic mass is 10.1. The molecule has 2 amide bonds. The highest BCUT2D eigenvalue weighted by molar-refractivity contribution is 8.23. The second-order valence-electron chi connectivity index (χ2n) is 5.30. The molecular weight excluding hydrogens is 404 g/mol. The number of thioether (sulfide) groups is 1. The molecule has 12 nitrogen and oxygen atoms in total. The summed E-state index contributed by atoms with van der Waals surface area (Å²) in [6.07, 6.45) is -2.31. The first-order valence-corrected chi connectivity index (χ1v) is 8.90. The lowest BCUT2D eigenvalue weighted by Gasteiger charge is -2.20. The van der Waals surface area contributed by atoms with Crippen molar-refractivity contribution in [3.8, 4) is 0 Å². The Bertz CT molecular complexity index is 575. The maximum atomic E-state index is 12.1. The number of rotatable bonds is 12. The van der Waals surface area contributed by atoms with Crippen molar-refractivity contribution in [1.29, 1.82) is 0 Å². The smallest absolute Gasteiger partial charge is 0.322 e. The van der Waals surface area contributed by atoms with Crippen LogP contribution in [0.3, 0.4) is 0 Å². The number of nitrogens with two attached hydrogens (primary N) is 2. The van der Waals surface area contributed by atoms with E-state index in [0.717, 1.165) is 11.8 Å². The summed E-state index contributed by atoms with van der Waals surface area (Å²) >= 11 is 5.83. The van der Waals surface area contributed by atoms with Crippen molar-refractivity contribution in [1.82, 2.24) is 10.6 Å². The summed E-state index contributed by atoms with van der Waals surface area (Å²) < 4.78 is -0.0927. The Labute approximate surface area is 163 Å². The normalized spacial score (nSPS) is 14.1. The molecule has 14 heteroatoms. The Morgan fingerprint density at radius 3 is 2.19 bits per heavy atom. The van der Waals surface area contributed by atoms with Crippen LogP contribution in [0.4, 0.5) is 0 Å². The van der Waals surface area contributed by atoms with Gasteiger partial charge in [0.25, 0.3) is 0 Å². The van der Waals surface area contributed by atoms with E-state index in [1.165, 1.54) is 0 Å². The molecule has 0 aromatic heterocycles. The molecule has 3 unspecified atom stereocenters. The van der Waals surface area contributed by atoms with Crippen LogP contribution in [0.15, 0.2) is 0 Å². The Hall–Kier alpha value is -1.84. The highest BCUT2D eigenvalue weighted by Crippen LogP contribution is 2.12. The van der Waals surface area contributed by atoms with Crippen LogP contribution in [-0.2, 0) is 19.2 Å². The minimum Gasteiger partial charge on any atom is -0.480 e. The molecule has 27 heavy (non-hydrogen) atoms. The molecule has 0 aliphatic heterocycles. The van der Waals surface area contributed by atoms with E-state index in [1.54, 1.807) is 0 Å². The number of carboxylic acid groups (broad SMARTS) is 2. The Balaban J connectivity index is 4.93. The van der Waals surface area contributed by atoms with Gasteiger partial charge in [0, 0.05) is 12.2 Å². The van der Waals surface area contributed by atoms with Crippen LogP contribution < -0.4 is 22.1 Å². The third kappa shape index (κ3) is 10.8. The molecule has 0 aliphatic rings. The molecule has 0 aromatic rings. The van der Waals surface area contributed by atoms with Gasteiger partial charge in [-0.05, 0) is 6.42 Å². The first kappa shape index (κ1) is 25.2. The molecule has 3 atom stereocenters. The monoisotopic (exact) mass is 426 g/mol. The van der Waals surface area contributed by atoms with E-state index in [0.29, 0.717) is 0 Å². The summed E-state index contributed by atoms with van der Waals surface area (Å²) in [5.41, 5.74) is 10.7. The van der Waals surface area contributed by atoms with E-state index in [1.807, 2.05) is 0 Å². The number of aliphatic hydroxyl groups is 2. The van der Waals surface area contributed by atoms with Crippen LogP contribution in [0.1, 0.15) is 12.8 Å². The molecule has 154 valence electrons. The molecule has 0 bridgehead atoms. The zero-order chi connectivity index (χ0) is 21.1. The van der Waals surface area contributed by atoms with Gasteiger partial charge in [0.2, 0.25) is 11.8 Å². The van der Waals surface area contributed by atoms with Gasteiger partial charge in [0.05, 0.1) is 10.2 Å². The topological polar surface area (TPSA) is 225 Å². The van der Waals surface area contributed by atoms with Crippen LogP contribution in [0.5, 0.6) is 0 Å². The van der Waals surface area contributed by atoms with E-state index in [4.69, 9.17) is 44.1 Å². The number of aliphatic hydroxyl groups excluding tert-OH is 1. The van der Waals surface area contributed by atoms with Gasteiger partial charge in [-0.15, -0.1) is 11.8 Å². The van der Waals surface area contributed by atoms with Crippen molar-refractivity contribution in [3.05, 3.63) is 0 Å². The highest BCUT2D eigenvalue weighted by Gasteiger charge is 2.27. The average molecular weight is 426 g/mol. The van der Waals surface area contributed by atoms with E-state index < -0.39 is 54.7 Å². The van der Waals surface area contributed by atoms with E-state index in [-0.39, 0.29) is 22.8 Å². The standard InChI is InChI=1S/C13H22N4O8S2/c14-5(11(22)23)1-2-7(18)17-9(10(21)16-3-8(19)20)13(26)27-4-6(15)12(24)25/h5-6,9,12,24-25H,1-4,14-15H2,(H,16,21)(H,17,18)(H,19,20)(H,22,23). The predicted molar refractivity (Wildman–Crippen MR) is 98.7 cm³/mol. The predicted octanol–water partition coefficient (Wildman–Crippen LogP) is -3.44. The summed E-state index contributed by atoms with van der Waals surface area (Å²) in [6.45, 7) is -0.711. The summed E-state index contributed by atoms with van der Waals surface area (Å²) in [4.78, 5) is 45.3. The molecule has 10 N–H and O–H groups in total. The zero-order valence-corrected chi connectivity index (χ0v) is 15.7. The second-order valence-corrected chi connectivity index (χ2v) is 7.06. The molecule has 0 radical (unpaired) electrons. The third-order valence-corrected chi connectivity index (χ3v) is 4.68. The number of carboxylic acids is 2. The first-order chi connectivity index (χ1) is 12.5. The molecule has 0 saturated heterocycles. The average Bonchev–Trinajstić information content (AvgIpc) is 2.59. The molecule has 0 aliphatic carbocycles. The van der Waals surface area contributed by atoms with Gasteiger partial charge in [-0.2, -0.15) is 0 Å². The second kappa shape index (κ2) is 12.5. The summed E-state index contributed by atoms with van der Waals surface area (Å²) in [5.74, 6) is -4.31. The Morgan fingerprint density at radius 2 is 1.70 bits per heavy atom. The summed E-state index contributed by atoms with van der Waals surface area (Å²) in [6, 6.07) is -3.75. The van der Waals surface area contributed by atoms with Crippen molar-refractivity contribution in [3.63, 3.8) is 0 Å². The fraction of sp³-hybridized carbons (Fsp3) is 0.615. The van der Waals surface area contributed by atoms with Crippen LogP contribution in [0.25, 0.3) is 0 Å². The van der Waals surface area contributed by atoms with Crippen molar-refractivity contribution in [2.24, 2.45) is 11.5 Å². The maximum Gasteiger partial charge on any atom is 0.322 e. The van der Waals surface area contributed by atoms with Gasteiger partial charge in [-0.25, -0.2) is 0 Å². The number of carbonyl (C=O) groups excluding carboxylic acids is 2. The lowest BCUT2D eigenvalue weighted by molar-refractivity contribution is -0.139. The number of hydrogen-bond donors (Lipinski definition) is 8. The van der Waals surface area contributed by atoms with Crippen molar-refractivity contribution >= 4 is 51.9 Å². The molecular formula is C13H22N4O8S2. The maximum absolute atomic E-state index is 12.1. The minimum atomic E-state index is -1.81. The zero-order valence-electron chi connectivity index (χ0n) is 14.0. The van der Waals surface area contributed by atoms with Gasteiger partial charge in [0.15, 0.2) is 6.29 Å². The lowest BCUT2D eigenvalue weighted by Crippen LogP contribution is -2.51. The number of amides is 2. The van der Waals surface area contributed by atoms with Gasteiger partial charge in [0.1, 0.15) is 18.6 Å². The molecule has 0 heterocycles. The van der Waals surface area contributed by atoms with Crippen molar-refractivity contribution in [2.45, 2.75) is 37.3 Å². The van der Waals surface area contributed by atoms with Crippen molar-refractivity contribution in [2.75, 3.05) is 12.3 Å². The number of carbonyl (C=O) groups is 4. The quantitative estimate of drug-likeness (QED) is 0.113. The van der Waals surface area contributed by atoms with Gasteiger partial charge in [-0.3, -0.25) is 19.2 Å². The number of hydrogen-bond acceptors (Lipinski definition) is 10. The number of nitrogens with one attached hydrogen (secondary N) is 2.